The Kier molecular flexibility index (Phi) is 2.49. The molecule has 19 heavy (non-hydrogen) atoms. The molecule has 6 nitrogen and oxygen atoms in total. The molecular weight excluding hydrogens is 244 g/mol. The molecule has 0 bridgehead atoms. The molecule has 3 rings (SSSR count). The number of carbonyl (C=O) groups is 1. The highest BCUT2D eigenvalue weighted by molar-refractivity contribution is 5.85. The number of hydrogen-bond acceptors (Lipinski definition) is 4. The van der Waals surface area contributed by atoms with Crippen LogP contribution in [0, 0.1) is 6.92 Å². The lowest BCUT2D eigenvalue weighted by molar-refractivity contribution is 0.0690. The SMILES string of the molecule is Cc1cc(C(=O)O)nc(-n2ncc3ccccc32)n1. The van der Waals surface area contributed by atoms with Crippen molar-refractivity contribution in [1.29, 1.82) is 0 Å². The van der Waals surface area contributed by atoms with E-state index in [0.29, 0.717) is 5.69 Å². The minimum absolute atomic E-state index is 0.0397. The molecule has 0 saturated heterocycles. The maximum absolute atomic E-state index is 11.0. The highest BCUT2D eigenvalue weighted by Gasteiger charge is 2.12. The molecule has 0 spiro atoms. The van der Waals surface area contributed by atoms with Crippen molar-refractivity contribution in [2.24, 2.45) is 0 Å². The Hall–Kier alpha value is -2.76. The van der Waals surface area contributed by atoms with Crippen LogP contribution >= 0.6 is 0 Å². The summed E-state index contributed by atoms with van der Waals surface area (Å²) in [5.74, 6) is -0.818. The smallest absolute Gasteiger partial charge is 0.354 e. The average molecular weight is 254 g/mol. The quantitative estimate of drug-likeness (QED) is 0.754. The second-order valence-corrected chi connectivity index (χ2v) is 4.11. The molecule has 1 N–H and O–H groups in total. The maximum Gasteiger partial charge on any atom is 0.354 e. The van der Waals surface area contributed by atoms with Crippen molar-refractivity contribution < 1.29 is 9.90 Å². The predicted molar refractivity (Wildman–Crippen MR) is 68.4 cm³/mol. The van der Waals surface area contributed by atoms with Crippen LogP contribution in [0.3, 0.4) is 0 Å². The fraction of sp³-hybridized carbons (Fsp3) is 0.0769. The first-order valence-corrected chi connectivity index (χ1v) is 5.67. The van der Waals surface area contributed by atoms with Crippen molar-refractivity contribution in [2.75, 3.05) is 0 Å². The molecule has 0 atom stereocenters. The van der Waals surface area contributed by atoms with E-state index in [-0.39, 0.29) is 11.6 Å². The van der Waals surface area contributed by atoms with Gasteiger partial charge in [0.2, 0.25) is 0 Å². The number of aromatic carboxylic acids is 1. The lowest BCUT2D eigenvalue weighted by Gasteiger charge is -2.04. The minimum Gasteiger partial charge on any atom is -0.477 e. The third kappa shape index (κ3) is 1.93. The maximum atomic E-state index is 11.0. The Morgan fingerprint density at radius 1 is 1.26 bits per heavy atom. The summed E-state index contributed by atoms with van der Waals surface area (Å²) in [6, 6.07) is 9.03. The number of nitrogens with zero attached hydrogens (tertiary/aromatic N) is 4. The van der Waals surface area contributed by atoms with Gasteiger partial charge in [0.15, 0.2) is 5.69 Å². The molecule has 0 radical (unpaired) electrons. The highest BCUT2D eigenvalue weighted by atomic mass is 16.4. The fourth-order valence-electron chi connectivity index (χ4n) is 1.89. The lowest BCUT2D eigenvalue weighted by Crippen LogP contribution is -2.09. The normalized spacial score (nSPS) is 10.8. The van der Waals surface area contributed by atoms with E-state index in [1.807, 2.05) is 24.3 Å². The number of hydrogen-bond donors (Lipinski definition) is 1. The van der Waals surface area contributed by atoms with Gasteiger partial charge in [-0.2, -0.15) is 9.78 Å². The molecule has 0 aliphatic rings. The second-order valence-electron chi connectivity index (χ2n) is 4.11. The zero-order chi connectivity index (χ0) is 13.4. The Balaban J connectivity index is 2.24. The molecule has 1 aromatic carbocycles. The minimum atomic E-state index is -1.08. The fourth-order valence-corrected chi connectivity index (χ4v) is 1.89. The summed E-state index contributed by atoms with van der Waals surface area (Å²) in [7, 11) is 0. The van der Waals surface area contributed by atoms with E-state index in [4.69, 9.17) is 5.11 Å². The van der Waals surface area contributed by atoms with Crippen molar-refractivity contribution >= 4 is 16.9 Å². The average Bonchev–Trinajstić information content (AvgIpc) is 2.81. The summed E-state index contributed by atoms with van der Waals surface area (Å²) in [6.45, 7) is 1.73. The largest absolute Gasteiger partial charge is 0.477 e. The van der Waals surface area contributed by atoms with E-state index in [9.17, 15) is 4.79 Å². The number of para-hydroxylation sites is 1. The van der Waals surface area contributed by atoms with Crippen LogP contribution in [-0.2, 0) is 0 Å². The van der Waals surface area contributed by atoms with Crippen molar-refractivity contribution in [2.45, 2.75) is 6.92 Å². The summed E-state index contributed by atoms with van der Waals surface area (Å²) in [6.07, 6.45) is 1.70. The monoisotopic (exact) mass is 254 g/mol. The number of benzene rings is 1. The van der Waals surface area contributed by atoms with Crippen LogP contribution in [0.5, 0.6) is 0 Å². The van der Waals surface area contributed by atoms with Gasteiger partial charge >= 0.3 is 5.97 Å². The van der Waals surface area contributed by atoms with Crippen LogP contribution in [0.2, 0.25) is 0 Å². The topological polar surface area (TPSA) is 80.9 Å². The van der Waals surface area contributed by atoms with Crippen LogP contribution in [0.1, 0.15) is 16.2 Å². The zero-order valence-electron chi connectivity index (χ0n) is 10.1. The molecule has 2 aromatic heterocycles. The van der Waals surface area contributed by atoms with E-state index in [2.05, 4.69) is 15.1 Å². The summed E-state index contributed by atoms with van der Waals surface area (Å²) >= 11 is 0. The van der Waals surface area contributed by atoms with Crippen molar-refractivity contribution in [3.8, 4) is 5.95 Å². The van der Waals surface area contributed by atoms with Crippen LogP contribution < -0.4 is 0 Å². The molecule has 2 heterocycles. The third-order valence-corrected chi connectivity index (χ3v) is 2.73. The zero-order valence-corrected chi connectivity index (χ0v) is 10.1. The molecule has 6 heteroatoms. The van der Waals surface area contributed by atoms with E-state index in [1.165, 1.54) is 10.7 Å². The molecule has 0 aliphatic heterocycles. The number of aryl methyl sites for hydroxylation is 1. The Morgan fingerprint density at radius 3 is 2.84 bits per heavy atom. The van der Waals surface area contributed by atoms with Gasteiger partial charge < -0.3 is 5.11 Å². The van der Waals surface area contributed by atoms with Crippen LogP contribution in [0.4, 0.5) is 0 Å². The summed E-state index contributed by atoms with van der Waals surface area (Å²) < 4.78 is 1.54. The van der Waals surface area contributed by atoms with E-state index < -0.39 is 5.97 Å². The first-order chi connectivity index (χ1) is 9.15. The van der Waals surface area contributed by atoms with Crippen molar-refractivity contribution in [1.82, 2.24) is 19.7 Å². The number of carboxylic acid groups (broad SMARTS) is 1. The van der Waals surface area contributed by atoms with Crippen LogP contribution in [0.25, 0.3) is 16.9 Å². The van der Waals surface area contributed by atoms with Crippen LogP contribution in [0.15, 0.2) is 36.5 Å². The molecule has 94 valence electrons. The molecule has 0 unspecified atom stereocenters. The molecule has 0 amide bonds. The summed E-state index contributed by atoms with van der Waals surface area (Å²) in [5, 5.41) is 14.2. The molecule has 0 aliphatic carbocycles. The molecular formula is C13H10N4O2. The van der Waals surface area contributed by atoms with Gasteiger partial charge in [0, 0.05) is 11.1 Å². The number of rotatable bonds is 2. The lowest BCUT2D eigenvalue weighted by atomic mass is 10.3. The highest BCUT2D eigenvalue weighted by Crippen LogP contribution is 2.16. The molecule has 0 saturated carbocycles. The van der Waals surface area contributed by atoms with Crippen molar-refractivity contribution in [3.05, 3.63) is 47.9 Å². The summed E-state index contributed by atoms with van der Waals surface area (Å²) in [4.78, 5) is 19.3. The number of carboxylic acids is 1. The third-order valence-electron chi connectivity index (χ3n) is 2.73. The van der Waals surface area contributed by atoms with Gasteiger partial charge in [-0.25, -0.2) is 14.8 Å². The first-order valence-electron chi connectivity index (χ1n) is 5.67. The number of aromatic nitrogens is 4. The van der Waals surface area contributed by atoms with E-state index in [1.54, 1.807) is 13.1 Å². The van der Waals surface area contributed by atoms with Gasteiger partial charge in [-0.15, -0.1) is 0 Å². The second kappa shape index (κ2) is 4.16. The Labute approximate surface area is 108 Å². The first kappa shape index (κ1) is 11.3. The van der Waals surface area contributed by atoms with E-state index >= 15 is 0 Å². The van der Waals surface area contributed by atoms with E-state index in [0.717, 1.165) is 10.9 Å². The van der Waals surface area contributed by atoms with Gasteiger partial charge in [0.1, 0.15) is 0 Å². The Morgan fingerprint density at radius 2 is 2.05 bits per heavy atom. The molecule has 0 fully saturated rings. The van der Waals surface area contributed by atoms with Gasteiger partial charge in [-0.3, -0.25) is 0 Å². The number of fused-ring (bicyclic) bond motifs is 1. The predicted octanol–water partition coefficient (Wildman–Crippen LogP) is 1.82. The standard InChI is InChI=1S/C13H10N4O2/c1-8-6-10(12(18)19)16-13(15-8)17-11-5-3-2-4-9(11)7-14-17/h2-7H,1H3,(H,18,19). The summed E-state index contributed by atoms with van der Waals surface area (Å²) in [5.41, 5.74) is 1.38. The van der Waals surface area contributed by atoms with Gasteiger partial charge in [-0.05, 0) is 19.1 Å². The Bertz CT molecular complexity index is 779. The van der Waals surface area contributed by atoms with Gasteiger partial charge in [0.05, 0.1) is 11.7 Å². The van der Waals surface area contributed by atoms with Crippen molar-refractivity contribution in [3.63, 3.8) is 0 Å². The van der Waals surface area contributed by atoms with Gasteiger partial charge in [0.25, 0.3) is 5.95 Å². The molecule has 3 aromatic rings. The van der Waals surface area contributed by atoms with Gasteiger partial charge in [-0.1, -0.05) is 18.2 Å². The van der Waals surface area contributed by atoms with Crippen LogP contribution in [-0.4, -0.2) is 30.8 Å².